The van der Waals surface area contributed by atoms with Gasteiger partial charge in [-0.05, 0) is 37.1 Å². The van der Waals surface area contributed by atoms with Gasteiger partial charge in [-0.15, -0.1) is 11.3 Å². The van der Waals surface area contributed by atoms with Crippen molar-refractivity contribution in [3.8, 4) is 10.7 Å². The summed E-state index contributed by atoms with van der Waals surface area (Å²) in [5, 5.41) is 1.48. The van der Waals surface area contributed by atoms with E-state index >= 15 is 0 Å². The second-order valence-electron chi connectivity index (χ2n) is 4.43. The fourth-order valence-corrected chi connectivity index (χ4v) is 3.31. The van der Waals surface area contributed by atoms with E-state index in [-0.39, 0.29) is 0 Å². The molecular weight excluding hydrogens is 276 g/mol. The number of benzene rings is 1. The molecular formula is C15H13ClN2S. The van der Waals surface area contributed by atoms with Crippen molar-refractivity contribution >= 4 is 33.8 Å². The molecule has 1 aromatic carbocycles. The van der Waals surface area contributed by atoms with E-state index in [0.29, 0.717) is 11.0 Å². The van der Waals surface area contributed by atoms with Crippen LogP contribution in [0.15, 0.2) is 30.3 Å². The maximum absolute atomic E-state index is 6.31. The minimum Gasteiger partial charge on any atom is -0.227 e. The Morgan fingerprint density at radius 3 is 2.74 bits per heavy atom. The molecule has 0 aliphatic carbocycles. The summed E-state index contributed by atoms with van der Waals surface area (Å²) in [6, 6.07) is 10.2. The van der Waals surface area contributed by atoms with Crippen LogP contribution in [0.2, 0.25) is 5.15 Å². The number of nitrogens with zero attached hydrogens (tertiary/aromatic N) is 2. The first-order chi connectivity index (χ1) is 9.19. The van der Waals surface area contributed by atoms with E-state index in [4.69, 9.17) is 11.6 Å². The highest BCUT2D eigenvalue weighted by molar-refractivity contribution is 7.15. The van der Waals surface area contributed by atoms with E-state index < -0.39 is 0 Å². The van der Waals surface area contributed by atoms with Crippen LogP contribution in [0.1, 0.15) is 17.4 Å². The van der Waals surface area contributed by atoms with Gasteiger partial charge in [0.05, 0.1) is 10.4 Å². The minimum atomic E-state index is 0.532. The third-order valence-electron chi connectivity index (χ3n) is 3.12. The zero-order valence-corrected chi connectivity index (χ0v) is 12.3. The van der Waals surface area contributed by atoms with E-state index in [1.165, 1.54) is 4.88 Å². The number of rotatable bonds is 2. The number of hydrogen-bond donors (Lipinski definition) is 0. The zero-order chi connectivity index (χ0) is 13.4. The van der Waals surface area contributed by atoms with E-state index in [1.54, 1.807) is 11.3 Å². The Balaban J connectivity index is 2.21. The predicted molar refractivity (Wildman–Crippen MR) is 82.0 cm³/mol. The lowest BCUT2D eigenvalue weighted by Crippen LogP contribution is -1.91. The maximum Gasteiger partial charge on any atom is 0.171 e. The topological polar surface area (TPSA) is 25.8 Å². The molecule has 2 heterocycles. The monoisotopic (exact) mass is 288 g/mol. The maximum atomic E-state index is 6.31. The second-order valence-corrected chi connectivity index (χ2v) is 5.95. The number of hydrogen-bond acceptors (Lipinski definition) is 3. The van der Waals surface area contributed by atoms with E-state index in [1.807, 2.05) is 25.1 Å². The summed E-state index contributed by atoms with van der Waals surface area (Å²) in [5.74, 6) is 0.716. The highest BCUT2D eigenvalue weighted by atomic mass is 35.5. The molecule has 0 radical (unpaired) electrons. The Bertz CT molecular complexity index is 749. The van der Waals surface area contributed by atoms with Crippen molar-refractivity contribution in [2.24, 2.45) is 0 Å². The van der Waals surface area contributed by atoms with Crippen LogP contribution in [0, 0.1) is 6.92 Å². The van der Waals surface area contributed by atoms with Crippen LogP contribution in [0.3, 0.4) is 0 Å². The molecule has 96 valence electrons. The van der Waals surface area contributed by atoms with Gasteiger partial charge in [-0.25, -0.2) is 9.97 Å². The largest absolute Gasteiger partial charge is 0.227 e. The lowest BCUT2D eigenvalue weighted by molar-refractivity contribution is 1.19. The zero-order valence-electron chi connectivity index (χ0n) is 10.8. The number of aromatic nitrogens is 2. The Morgan fingerprint density at radius 2 is 2.00 bits per heavy atom. The first kappa shape index (κ1) is 12.6. The van der Waals surface area contributed by atoms with Crippen molar-refractivity contribution in [1.29, 1.82) is 0 Å². The van der Waals surface area contributed by atoms with Gasteiger partial charge in [0.25, 0.3) is 0 Å². The summed E-state index contributed by atoms with van der Waals surface area (Å²) in [4.78, 5) is 11.5. The molecule has 0 saturated carbocycles. The third-order valence-corrected chi connectivity index (χ3v) is 4.62. The fraction of sp³-hybridized carbons (Fsp3) is 0.200. The minimum absolute atomic E-state index is 0.532. The Hall–Kier alpha value is -1.45. The molecule has 0 atom stereocenters. The van der Waals surface area contributed by atoms with Gasteiger partial charge in [0.15, 0.2) is 5.82 Å². The molecule has 0 bridgehead atoms. The van der Waals surface area contributed by atoms with Gasteiger partial charge >= 0.3 is 0 Å². The SMILES string of the molecule is CCc1ccc(-c2nc(Cl)c3c(C)cccc3n2)s1. The third kappa shape index (κ3) is 2.24. The van der Waals surface area contributed by atoms with Crippen LogP contribution >= 0.6 is 22.9 Å². The molecule has 0 saturated heterocycles. The summed E-state index contributed by atoms with van der Waals surface area (Å²) >= 11 is 8.04. The van der Waals surface area contributed by atoms with Gasteiger partial charge in [0.1, 0.15) is 5.15 Å². The van der Waals surface area contributed by atoms with Crippen molar-refractivity contribution in [1.82, 2.24) is 9.97 Å². The smallest absolute Gasteiger partial charge is 0.171 e. The molecule has 19 heavy (non-hydrogen) atoms. The molecule has 0 unspecified atom stereocenters. The van der Waals surface area contributed by atoms with Crippen LogP contribution in [0.5, 0.6) is 0 Å². The molecule has 0 aliphatic rings. The molecule has 4 heteroatoms. The molecule has 0 amide bonds. The number of halogens is 1. The van der Waals surface area contributed by atoms with Crippen LogP contribution in [-0.4, -0.2) is 9.97 Å². The molecule has 0 N–H and O–H groups in total. The summed E-state index contributed by atoms with van der Waals surface area (Å²) in [6.45, 7) is 4.17. The molecule has 0 aliphatic heterocycles. The number of aryl methyl sites for hydroxylation is 2. The van der Waals surface area contributed by atoms with Crippen LogP contribution in [-0.2, 0) is 6.42 Å². The lowest BCUT2D eigenvalue weighted by Gasteiger charge is -2.05. The fourth-order valence-electron chi connectivity index (χ4n) is 2.10. The molecule has 0 fully saturated rings. The summed E-state index contributed by atoms with van der Waals surface area (Å²) < 4.78 is 0. The number of thiophene rings is 1. The summed E-state index contributed by atoms with van der Waals surface area (Å²) in [6.07, 6.45) is 1.03. The van der Waals surface area contributed by atoms with E-state index in [2.05, 4.69) is 29.0 Å². The highest BCUT2D eigenvalue weighted by Crippen LogP contribution is 2.30. The normalized spacial score (nSPS) is 11.1. The van der Waals surface area contributed by atoms with Gasteiger partial charge in [-0.1, -0.05) is 30.7 Å². The molecule has 3 rings (SSSR count). The Labute approximate surface area is 121 Å². The standard InChI is InChI=1S/C15H13ClN2S/c1-3-10-7-8-12(19-10)15-17-11-6-4-5-9(2)13(11)14(16)18-15/h4-8H,3H2,1-2H3. The van der Waals surface area contributed by atoms with Crippen molar-refractivity contribution in [2.45, 2.75) is 20.3 Å². The highest BCUT2D eigenvalue weighted by Gasteiger charge is 2.11. The first-order valence-corrected chi connectivity index (χ1v) is 7.40. The van der Waals surface area contributed by atoms with Gasteiger partial charge in [-0.3, -0.25) is 0 Å². The van der Waals surface area contributed by atoms with Gasteiger partial charge in [0.2, 0.25) is 0 Å². The average Bonchev–Trinajstić information content (AvgIpc) is 2.87. The molecule has 2 aromatic heterocycles. The van der Waals surface area contributed by atoms with Crippen LogP contribution in [0.4, 0.5) is 0 Å². The quantitative estimate of drug-likeness (QED) is 0.628. The summed E-state index contributed by atoms with van der Waals surface area (Å²) in [7, 11) is 0. The summed E-state index contributed by atoms with van der Waals surface area (Å²) in [5.41, 5.74) is 2.01. The number of fused-ring (bicyclic) bond motifs is 1. The molecule has 2 nitrogen and oxygen atoms in total. The van der Waals surface area contributed by atoms with Crippen LogP contribution < -0.4 is 0 Å². The van der Waals surface area contributed by atoms with E-state index in [9.17, 15) is 0 Å². The molecule has 0 spiro atoms. The first-order valence-electron chi connectivity index (χ1n) is 6.21. The van der Waals surface area contributed by atoms with Crippen molar-refractivity contribution in [3.63, 3.8) is 0 Å². The second kappa shape index (κ2) is 4.91. The van der Waals surface area contributed by atoms with Crippen molar-refractivity contribution in [2.75, 3.05) is 0 Å². The van der Waals surface area contributed by atoms with Crippen LogP contribution in [0.25, 0.3) is 21.6 Å². The van der Waals surface area contributed by atoms with Crippen molar-refractivity contribution < 1.29 is 0 Å². The van der Waals surface area contributed by atoms with E-state index in [0.717, 1.165) is 27.8 Å². The Kier molecular flexibility index (Phi) is 3.25. The Morgan fingerprint density at radius 1 is 1.16 bits per heavy atom. The predicted octanol–water partition coefficient (Wildman–Crippen LogP) is 4.88. The van der Waals surface area contributed by atoms with Crippen molar-refractivity contribution in [3.05, 3.63) is 45.9 Å². The van der Waals surface area contributed by atoms with Gasteiger partial charge < -0.3 is 0 Å². The van der Waals surface area contributed by atoms with Gasteiger partial charge in [0, 0.05) is 10.3 Å². The van der Waals surface area contributed by atoms with Gasteiger partial charge in [-0.2, -0.15) is 0 Å². The molecule has 3 aromatic rings. The lowest BCUT2D eigenvalue weighted by atomic mass is 10.1. The average molecular weight is 289 g/mol.